The molecular formula is C20H23N2O3+. The maximum absolute atomic E-state index is 12.2. The molecule has 0 atom stereocenters. The van der Waals surface area contributed by atoms with E-state index < -0.39 is 0 Å². The molecule has 2 aromatic rings. The molecule has 1 aromatic heterocycles. The molecule has 5 nitrogen and oxygen atoms in total. The quantitative estimate of drug-likeness (QED) is 0.621. The molecule has 0 aliphatic carbocycles. The molecule has 1 amide bonds. The number of hydrogen-bond acceptors (Lipinski definition) is 3. The number of carbonyl (C=O) groups is 1. The number of pyridine rings is 1. The number of ether oxygens (including phenoxy) is 1. The highest BCUT2D eigenvalue weighted by atomic mass is 16.7. The minimum absolute atomic E-state index is 0.0632. The van der Waals surface area contributed by atoms with Crippen molar-refractivity contribution in [2.45, 2.75) is 19.3 Å². The van der Waals surface area contributed by atoms with E-state index in [4.69, 9.17) is 9.57 Å². The van der Waals surface area contributed by atoms with Crippen LogP contribution in [0.25, 0.3) is 6.08 Å². The molecule has 0 unspecified atom stereocenters. The van der Waals surface area contributed by atoms with Gasteiger partial charge in [0, 0.05) is 29.5 Å². The fourth-order valence-corrected chi connectivity index (χ4v) is 2.80. The second-order valence-corrected chi connectivity index (χ2v) is 5.94. The van der Waals surface area contributed by atoms with Gasteiger partial charge in [0.15, 0.2) is 0 Å². The van der Waals surface area contributed by atoms with Gasteiger partial charge < -0.3 is 9.64 Å². The molecule has 1 aliphatic rings. The Morgan fingerprint density at radius 1 is 1.08 bits per heavy atom. The Morgan fingerprint density at radius 2 is 1.84 bits per heavy atom. The summed E-state index contributed by atoms with van der Waals surface area (Å²) in [5.74, 6) is 1.36. The summed E-state index contributed by atoms with van der Waals surface area (Å²) in [6.45, 7) is 1.70. The van der Waals surface area contributed by atoms with Crippen molar-refractivity contribution in [3.05, 3.63) is 60.3 Å². The lowest BCUT2D eigenvalue weighted by Crippen LogP contribution is -2.41. The molecule has 0 radical (unpaired) electrons. The van der Waals surface area contributed by atoms with Gasteiger partial charge in [-0.25, -0.2) is 0 Å². The van der Waals surface area contributed by atoms with Crippen LogP contribution in [0.5, 0.6) is 11.6 Å². The van der Waals surface area contributed by atoms with Crippen LogP contribution in [0.1, 0.15) is 24.8 Å². The zero-order valence-electron chi connectivity index (χ0n) is 14.4. The van der Waals surface area contributed by atoms with Crippen molar-refractivity contribution in [2.24, 2.45) is 0 Å². The van der Waals surface area contributed by atoms with Gasteiger partial charge in [0.1, 0.15) is 12.9 Å². The summed E-state index contributed by atoms with van der Waals surface area (Å²) in [6.07, 6.45) is 8.61. The molecule has 2 heterocycles. The lowest BCUT2D eigenvalue weighted by atomic mass is 10.1. The third-order valence-electron chi connectivity index (χ3n) is 4.15. The SMILES string of the molecule is CO[n+]1cc(/C=C/C(=O)N2CCCCC2)ccc1Oc1ccccc1. The number of hydrogen-bond donors (Lipinski definition) is 0. The summed E-state index contributed by atoms with van der Waals surface area (Å²) in [6, 6.07) is 13.2. The van der Waals surface area contributed by atoms with Crippen LogP contribution in [0.3, 0.4) is 0 Å². The predicted molar refractivity (Wildman–Crippen MR) is 95.1 cm³/mol. The Labute approximate surface area is 148 Å². The number of benzene rings is 1. The van der Waals surface area contributed by atoms with Crippen LogP contribution < -0.4 is 14.3 Å². The van der Waals surface area contributed by atoms with Crippen LogP contribution in [-0.4, -0.2) is 31.0 Å². The van der Waals surface area contributed by atoms with Gasteiger partial charge in [-0.2, -0.15) is 0 Å². The van der Waals surface area contributed by atoms with E-state index in [2.05, 4.69) is 0 Å². The fraction of sp³-hybridized carbons (Fsp3) is 0.300. The van der Waals surface area contributed by atoms with E-state index in [0.29, 0.717) is 5.88 Å². The molecule has 1 aliphatic heterocycles. The minimum Gasteiger partial charge on any atom is -0.402 e. The molecule has 1 fully saturated rings. The molecule has 0 saturated carbocycles. The zero-order valence-corrected chi connectivity index (χ0v) is 14.4. The first-order chi connectivity index (χ1) is 12.3. The standard InChI is InChI=1S/C20H23N2O3/c1-24-22-16-17(10-12-19(23)21-14-6-3-7-15-21)11-13-20(22)25-18-8-4-2-5-9-18/h2,4-5,8-13,16H,3,6-7,14-15H2,1H3/q+1/b12-10+. The number of para-hydroxylation sites is 1. The Balaban J connectivity index is 1.70. The van der Waals surface area contributed by atoms with E-state index in [1.165, 1.54) is 11.2 Å². The second kappa shape index (κ2) is 8.33. The minimum atomic E-state index is 0.0632. The summed E-state index contributed by atoms with van der Waals surface area (Å²) in [5, 5.41) is 0. The van der Waals surface area contributed by atoms with Gasteiger partial charge in [-0.3, -0.25) is 9.63 Å². The van der Waals surface area contributed by atoms with Gasteiger partial charge in [0.05, 0.1) is 6.07 Å². The molecule has 5 heteroatoms. The zero-order chi connectivity index (χ0) is 17.5. The average Bonchev–Trinajstić information content (AvgIpc) is 2.68. The normalized spacial score (nSPS) is 14.5. The number of amides is 1. The lowest BCUT2D eigenvalue weighted by Gasteiger charge is -2.25. The van der Waals surface area contributed by atoms with Gasteiger partial charge in [-0.05, 0) is 43.5 Å². The number of aromatic nitrogens is 1. The van der Waals surface area contributed by atoms with Gasteiger partial charge in [-0.15, -0.1) is 0 Å². The van der Waals surface area contributed by atoms with E-state index in [1.54, 1.807) is 25.5 Å². The Kier molecular flexibility index (Phi) is 5.67. The van der Waals surface area contributed by atoms with E-state index in [9.17, 15) is 4.79 Å². The van der Waals surface area contributed by atoms with Crippen molar-refractivity contribution in [3.8, 4) is 11.6 Å². The van der Waals surface area contributed by atoms with Crippen molar-refractivity contribution >= 4 is 12.0 Å². The van der Waals surface area contributed by atoms with Crippen LogP contribution in [0.2, 0.25) is 0 Å². The summed E-state index contributed by atoms with van der Waals surface area (Å²) in [5.41, 5.74) is 0.868. The van der Waals surface area contributed by atoms with Crippen LogP contribution in [0.4, 0.5) is 0 Å². The van der Waals surface area contributed by atoms with Gasteiger partial charge in [0.25, 0.3) is 0 Å². The van der Waals surface area contributed by atoms with Crippen molar-refractivity contribution in [3.63, 3.8) is 0 Å². The molecule has 25 heavy (non-hydrogen) atoms. The van der Waals surface area contributed by atoms with E-state index in [0.717, 1.165) is 37.2 Å². The van der Waals surface area contributed by atoms with Crippen molar-refractivity contribution in [1.82, 2.24) is 4.90 Å². The Morgan fingerprint density at radius 3 is 2.56 bits per heavy atom. The third-order valence-corrected chi connectivity index (χ3v) is 4.15. The monoisotopic (exact) mass is 339 g/mol. The Hall–Kier alpha value is -2.82. The number of nitrogens with zero attached hydrogens (tertiary/aromatic N) is 2. The lowest BCUT2D eigenvalue weighted by molar-refractivity contribution is -0.886. The maximum Gasteiger partial charge on any atom is 0.422 e. The fourth-order valence-electron chi connectivity index (χ4n) is 2.80. The molecule has 3 rings (SSSR count). The van der Waals surface area contributed by atoms with E-state index >= 15 is 0 Å². The number of rotatable bonds is 5. The molecule has 0 N–H and O–H groups in total. The first-order valence-electron chi connectivity index (χ1n) is 8.56. The van der Waals surface area contributed by atoms with Crippen LogP contribution in [0.15, 0.2) is 54.7 Å². The molecule has 0 spiro atoms. The van der Waals surface area contributed by atoms with Crippen LogP contribution in [-0.2, 0) is 4.79 Å². The first-order valence-corrected chi connectivity index (χ1v) is 8.56. The largest absolute Gasteiger partial charge is 0.422 e. The van der Waals surface area contributed by atoms with Crippen LogP contribution >= 0.6 is 0 Å². The van der Waals surface area contributed by atoms with E-state index in [1.807, 2.05) is 47.4 Å². The number of likely N-dealkylation sites (tertiary alicyclic amines) is 1. The van der Waals surface area contributed by atoms with Gasteiger partial charge >= 0.3 is 5.88 Å². The maximum atomic E-state index is 12.2. The smallest absolute Gasteiger partial charge is 0.402 e. The highest BCUT2D eigenvalue weighted by Gasteiger charge is 2.16. The summed E-state index contributed by atoms with van der Waals surface area (Å²) in [4.78, 5) is 19.5. The Bertz CT molecular complexity index is 738. The van der Waals surface area contributed by atoms with Gasteiger partial charge in [0.2, 0.25) is 12.1 Å². The number of carbonyl (C=O) groups excluding carboxylic acids is 1. The molecule has 1 saturated heterocycles. The molecule has 0 bridgehead atoms. The second-order valence-electron chi connectivity index (χ2n) is 5.94. The predicted octanol–water partition coefficient (Wildman–Crippen LogP) is 2.85. The first kappa shape index (κ1) is 17.0. The van der Waals surface area contributed by atoms with Crippen molar-refractivity contribution < 1.29 is 19.1 Å². The van der Waals surface area contributed by atoms with Crippen molar-refractivity contribution in [1.29, 1.82) is 0 Å². The van der Waals surface area contributed by atoms with Gasteiger partial charge in [-0.1, -0.05) is 18.2 Å². The highest BCUT2D eigenvalue weighted by Crippen LogP contribution is 2.17. The molecule has 130 valence electrons. The van der Waals surface area contributed by atoms with Crippen LogP contribution in [0, 0.1) is 0 Å². The summed E-state index contributed by atoms with van der Waals surface area (Å²) < 4.78 is 7.35. The highest BCUT2D eigenvalue weighted by molar-refractivity contribution is 5.91. The van der Waals surface area contributed by atoms with Crippen molar-refractivity contribution in [2.75, 3.05) is 20.2 Å². The molecular weight excluding hydrogens is 316 g/mol. The third kappa shape index (κ3) is 4.59. The average molecular weight is 339 g/mol. The molecule has 1 aromatic carbocycles. The summed E-state index contributed by atoms with van der Waals surface area (Å²) >= 11 is 0. The number of piperidine rings is 1. The van der Waals surface area contributed by atoms with E-state index in [-0.39, 0.29) is 5.91 Å². The summed E-state index contributed by atoms with van der Waals surface area (Å²) in [7, 11) is 1.57. The topological polar surface area (TPSA) is 42.7 Å².